The molecule has 0 bridgehead atoms. The summed E-state index contributed by atoms with van der Waals surface area (Å²) in [5, 5.41) is 14.3. The van der Waals surface area contributed by atoms with E-state index in [0.717, 1.165) is 12.8 Å². The molecule has 124 valence electrons. The van der Waals surface area contributed by atoms with Crippen LogP contribution >= 0.6 is 0 Å². The molecular formula is C18H20N4O2. The van der Waals surface area contributed by atoms with Gasteiger partial charge in [-0.3, -0.25) is 9.59 Å². The van der Waals surface area contributed by atoms with Crippen LogP contribution in [0.2, 0.25) is 0 Å². The zero-order valence-corrected chi connectivity index (χ0v) is 13.9. The fraction of sp³-hybridized carbons (Fsp3) is 0.444. The average molecular weight is 324 g/mol. The molecule has 1 heterocycles. The minimum Gasteiger partial charge on any atom is -0.333 e. The summed E-state index contributed by atoms with van der Waals surface area (Å²) in [6, 6.07) is 9.22. The number of hydrogen-bond acceptors (Lipinski definition) is 4. The predicted molar refractivity (Wildman–Crippen MR) is 90.7 cm³/mol. The van der Waals surface area contributed by atoms with Crippen molar-refractivity contribution in [3.63, 3.8) is 0 Å². The van der Waals surface area contributed by atoms with Gasteiger partial charge in [-0.25, -0.2) is 4.68 Å². The van der Waals surface area contributed by atoms with Crippen molar-refractivity contribution in [2.75, 3.05) is 6.54 Å². The van der Waals surface area contributed by atoms with Crippen molar-refractivity contribution < 1.29 is 4.79 Å². The Balaban J connectivity index is 2.14. The molecule has 0 N–H and O–H groups in total. The second kappa shape index (κ2) is 6.44. The van der Waals surface area contributed by atoms with Crippen molar-refractivity contribution >= 4 is 16.7 Å². The number of rotatable bonds is 5. The summed E-state index contributed by atoms with van der Waals surface area (Å²) < 4.78 is 1.37. The second-order valence-corrected chi connectivity index (χ2v) is 6.38. The van der Waals surface area contributed by atoms with Crippen LogP contribution in [0.25, 0.3) is 10.8 Å². The zero-order chi connectivity index (χ0) is 17.3. The van der Waals surface area contributed by atoms with E-state index in [0.29, 0.717) is 29.4 Å². The van der Waals surface area contributed by atoms with Gasteiger partial charge in [-0.15, -0.1) is 0 Å². The minimum absolute atomic E-state index is 0.137. The van der Waals surface area contributed by atoms with Gasteiger partial charge in [0.2, 0.25) is 0 Å². The number of fused-ring (bicyclic) bond motifs is 1. The number of nitriles is 1. The van der Waals surface area contributed by atoms with Gasteiger partial charge in [-0.2, -0.15) is 10.4 Å². The molecule has 1 fully saturated rings. The molecular weight excluding hydrogens is 304 g/mol. The van der Waals surface area contributed by atoms with Crippen LogP contribution in [-0.2, 0) is 0 Å². The van der Waals surface area contributed by atoms with E-state index in [1.54, 1.807) is 29.2 Å². The first-order valence-electron chi connectivity index (χ1n) is 8.24. The van der Waals surface area contributed by atoms with E-state index in [1.165, 1.54) is 4.68 Å². The van der Waals surface area contributed by atoms with Crippen molar-refractivity contribution in [3.05, 3.63) is 40.3 Å². The van der Waals surface area contributed by atoms with Gasteiger partial charge < -0.3 is 4.90 Å². The molecule has 1 amide bonds. The summed E-state index contributed by atoms with van der Waals surface area (Å²) in [6.45, 7) is 4.13. The Bertz CT molecular complexity index is 875. The van der Waals surface area contributed by atoms with Crippen LogP contribution in [0.1, 0.15) is 49.6 Å². The van der Waals surface area contributed by atoms with Crippen LogP contribution in [-0.4, -0.2) is 33.2 Å². The standard InChI is InChI=1S/C18H20N4O2/c1-12(2)22-17(23)15-7-4-3-6-14(15)16(20-22)18(24)21(11-5-10-19)13-8-9-13/h3-4,6-7,12-13H,5,8-9,11H2,1-2H3. The van der Waals surface area contributed by atoms with E-state index < -0.39 is 0 Å². The molecule has 1 aromatic carbocycles. The summed E-state index contributed by atoms with van der Waals surface area (Å²) in [7, 11) is 0. The van der Waals surface area contributed by atoms with Gasteiger partial charge in [0.1, 0.15) is 0 Å². The molecule has 1 saturated carbocycles. The number of hydrogen-bond donors (Lipinski definition) is 0. The molecule has 24 heavy (non-hydrogen) atoms. The maximum Gasteiger partial charge on any atom is 0.275 e. The normalized spacial score (nSPS) is 13.9. The largest absolute Gasteiger partial charge is 0.333 e. The molecule has 3 rings (SSSR count). The highest BCUT2D eigenvalue weighted by Crippen LogP contribution is 2.29. The first kappa shape index (κ1) is 16.2. The maximum atomic E-state index is 13.1. The summed E-state index contributed by atoms with van der Waals surface area (Å²) >= 11 is 0. The van der Waals surface area contributed by atoms with E-state index in [2.05, 4.69) is 11.2 Å². The lowest BCUT2D eigenvalue weighted by molar-refractivity contribution is 0.0740. The zero-order valence-electron chi connectivity index (χ0n) is 13.9. The number of benzene rings is 1. The summed E-state index contributed by atoms with van der Waals surface area (Å²) in [6.07, 6.45) is 2.21. The molecule has 0 spiro atoms. The number of carbonyl (C=O) groups excluding carboxylic acids is 1. The fourth-order valence-corrected chi connectivity index (χ4v) is 2.86. The number of amides is 1. The summed E-state index contributed by atoms with van der Waals surface area (Å²) in [5.41, 5.74) is 0.107. The molecule has 0 saturated heterocycles. The van der Waals surface area contributed by atoms with Crippen molar-refractivity contribution in [1.82, 2.24) is 14.7 Å². The number of carbonyl (C=O) groups is 1. The maximum absolute atomic E-state index is 13.1. The van der Waals surface area contributed by atoms with Crippen molar-refractivity contribution in [3.8, 4) is 6.07 Å². The quantitative estimate of drug-likeness (QED) is 0.846. The third-order valence-corrected chi connectivity index (χ3v) is 4.23. The smallest absolute Gasteiger partial charge is 0.275 e. The molecule has 0 unspecified atom stereocenters. The van der Waals surface area contributed by atoms with E-state index in [4.69, 9.17) is 5.26 Å². The van der Waals surface area contributed by atoms with E-state index >= 15 is 0 Å². The summed E-state index contributed by atoms with van der Waals surface area (Å²) in [4.78, 5) is 27.4. The molecule has 6 heteroatoms. The molecule has 0 aliphatic heterocycles. The van der Waals surface area contributed by atoms with Gasteiger partial charge >= 0.3 is 0 Å². The Kier molecular flexibility index (Phi) is 4.34. The van der Waals surface area contributed by atoms with Crippen LogP contribution in [0.15, 0.2) is 29.1 Å². The Morgan fingerprint density at radius 3 is 2.62 bits per heavy atom. The highest BCUT2D eigenvalue weighted by atomic mass is 16.2. The van der Waals surface area contributed by atoms with Crippen molar-refractivity contribution in [2.45, 2.75) is 45.2 Å². The molecule has 1 aliphatic rings. The van der Waals surface area contributed by atoms with Crippen molar-refractivity contribution in [1.29, 1.82) is 5.26 Å². The number of nitrogens with zero attached hydrogens (tertiary/aromatic N) is 4. The molecule has 1 aromatic heterocycles. The number of aromatic nitrogens is 2. The Hall–Kier alpha value is -2.68. The van der Waals surface area contributed by atoms with Crippen LogP contribution in [0, 0.1) is 11.3 Å². The fourth-order valence-electron chi connectivity index (χ4n) is 2.86. The third kappa shape index (κ3) is 2.90. The van der Waals surface area contributed by atoms with Gasteiger partial charge in [0.05, 0.1) is 23.9 Å². The van der Waals surface area contributed by atoms with Gasteiger partial charge in [0, 0.05) is 18.0 Å². The van der Waals surface area contributed by atoms with Crippen LogP contribution < -0.4 is 5.56 Å². The lowest BCUT2D eigenvalue weighted by Gasteiger charge is -2.22. The van der Waals surface area contributed by atoms with Crippen LogP contribution in [0.5, 0.6) is 0 Å². The molecule has 1 aliphatic carbocycles. The molecule has 2 aromatic rings. The Morgan fingerprint density at radius 1 is 1.38 bits per heavy atom. The Labute approximate surface area is 140 Å². The van der Waals surface area contributed by atoms with Gasteiger partial charge in [-0.1, -0.05) is 18.2 Å². The van der Waals surface area contributed by atoms with Gasteiger partial charge in [0.15, 0.2) is 5.69 Å². The topological polar surface area (TPSA) is 79.0 Å². The highest BCUT2D eigenvalue weighted by Gasteiger charge is 2.34. The van der Waals surface area contributed by atoms with Gasteiger partial charge in [-0.05, 0) is 32.8 Å². The van der Waals surface area contributed by atoms with Crippen LogP contribution in [0.3, 0.4) is 0 Å². The van der Waals surface area contributed by atoms with E-state index in [-0.39, 0.29) is 23.6 Å². The van der Waals surface area contributed by atoms with Crippen molar-refractivity contribution in [2.24, 2.45) is 0 Å². The average Bonchev–Trinajstić information content (AvgIpc) is 3.40. The monoisotopic (exact) mass is 324 g/mol. The van der Waals surface area contributed by atoms with E-state index in [1.807, 2.05) is 13.8 Å². The van der Waals surface area contributed by atoms with Crippen LogP contribution in [0.4, 0.5) is 0 Å². The lowest BCUT2D eigenvalue weighted by Crippen LogP contribution is -2.37. The highest BCUT2D eigenvalue weighted by molar-refractivity contribution is 6.05. The third-order valence-electron chi connectivity index (χ3n) is 4.23. The molecule has 0 atom stereocenters. The summed E-state index contributed by atoms with van der Waals surface area (Å²) in [5.74, 6) is -0.196. The minimum atomic E-state index is -0.196. The predicted octanol–water partition coefficient (Wildman–Crippen LogP) is 2.50. The Morgan fingerprint density at radius 2 is 2.04 bits per heavy atom. The van der Waals surface area contributed by atoms with E-state index in [9.17, 15) is 9.59 Å². The van der Waals surface area contributed by atoms with Gasteiger partial charge in [0.25, 0.3) is 11.5 Å². The molecule has 0 radical (unpaired) electrons. The molecule has 6 nitrogen and oxygen atoms in total. The lowest BCUT2D eigenvalue weighted by atomic mass is 10.1. The first-order chi connectivity index (χ1) is 11.5. The second-order valence-electron chi connectivity index (χ2n) is 6.38. The SMILES string of the molecule is CC(C)n1nc(C(=O)N(CCC#N)C2CC2)c2ccccc2c1=O. The first-order valence-corrected chi connectivity index (χ1v) is 8.24.